The summed E-state index contributed by atoms with van der Waals surface area (Å²) in [5.74, 6) is 0.264. The summed E-state index contributed by atoms with van der Waals surface area (Å²) in [7, 11) is 0. The second kappa shape index (κ2) is 12.0. The van der Waals surface area contributed by atoms with Crippen LogP contribution in [0.25, 0.3) is 0 Å². The highest BCUT2D eigenvalue weighted by atomic mass is 16.7. The number of fused-ring (bicyclic) bond motifs is 5. The number of aliphatic hydroxyl groups excluding tert-OH is 4. The van der Waals surface area contributed by atoms with Crippen molar-refractivity contribution in [3.63, 3.8) is 0 Å². The van der Waals surface area contributed by atoms with Crippen LogP contribution in [0.5, 0.6) is 0 Å². The molecule has 6 fully saturated rings. The van der Waals surface area contributed by atoms with E-state index in [4.69, 9.17) is 23.7 Å². The molecule has 7 aliphatic rings. The molecule has 0 aromatic carbocycles. The van der Waals surface area contributed by atoms with Crippen molar-refractivity contribution < 1.29 is 54.0 Å². The molecule has 5 N–H and O–H groups in total. The van der Waals surface area contributed by atoms with Crippen molar-refractivity contribution in [2.75, 3.05) is 6.61 Å². The van der Waals surface area contributed by atoms with Crippen LogP contribution in [0, 0.1) is 34.5 Å². The minimum atomic E-state index is -0.993. The lowest BCUT2D eigenvalue weighted by Gasteiger charge is -2.63. The average molecular weight is 651 g/mol. The molecule has 260 valence electrons. The van der Waals surface area contributed by atoms with Crippen LogP contribution < -0.4 is 0 Å². The second-order valence-corrected chi connectivity index (χ2v) is 16.2. The monoisotopic (exact) mass is 650 g/mol. The molecule has 0 radical (unpaired) electrons. The maximum absolute atomic E-state index is 12.5. The number of hydrogen-bond acceptors (Lipinski definition) is 11. The van der Waals surface area contributed by atoms with Crippen LogP contribution in [-0.2, 0) is 28.5 Å². The molecular formula is C35H54O11. The Bertz CT molecular complexity index is 1170. The molecule has 0 aromatic rings. The van der Waals surface area contributed by atoms with Gasteiger partial charge in [0.1, 0.15) is 18.8 Å². The summed E-state index contributed by atoms with van der Waals surface area (Å²) in [6.45, 7) is 8.27. The van der Waals surface area contributed by atoms with Crippen LogP contribution in [0.4, 0.5) is 0 Å². The lowest BCUT2D eigenvalue weighted by molar-refractivity contribution is -0.318. The van der Waals surface area contributed by atoms with Crippen molar-refractivity contribution in [1.29, 1.82) is 0 Å². The van der Waals surface area contributed by atoms with Gasteiger partial charge in [-0.05, 0) is 87.5 Å². The van der Waals surface area contributed by atoms with E-state index >= 15 is 0 Å². The van der Waals surface area contributed by atoms with Crippen LogP contribution in [0.2, 0.25) is 0 Å². The SMILES string of the molecule is CC1OC(OC2C(O)CC(OC3CCC4(C)C(CCC5C4CCC4(C)[C@@H](C6=CC(=O)OC6)C(O)CC54O)C3)OC2C)CC(O)C1O. The number of esters is 1. The van der Waals surface area contributed by atoms with Crippen molar-refractivity contribution in [2.45, 2.75) is 159 Å². The molecule has 17 atom stereocenters. The molecule has 3 heterocycles. The molecule has 0 spiro atoms. The molecule has 0 bridgehead atoms. The number of rotatable bonds is 5. The number of hydrogen-bond donors (Lipinski definition) is 5. The third kappa shape index (κ3) is 5.31. The fourth-order valence-electron chi connectivity index (χ4n) is 11.4. The summed E-state index contributed by atoms with van der Waals surface area (Å²) in [4.78, 5) is 11.9. The molecule has 11 heteroatoms. The van der Waals surface area contributed by atoms with E-state index in [9.17, 15) is 30.3 Å². The summed E-state index contributed by atoms with van der Waals surface area (Å²) in [6.07, 6.45) is 2.33. The van der Waals surface area contributed by atoms with E-state index < -0.39 is 66.3 Å². The van der Waals surface area contributed by atoms with Gasteiger partial charge in [0, 0.05) is 36.7 Å². The standard InChI is InChI=1S/C35H54O11/c1-17-31(40)24(36)13-29(43-17)46-32-18(2)44-28(14-25(32)37)45-21-7-9-33(3)20(12-21)5-6-23-22(33)8-10-34(4)30(19-11-27(39)42-16-19)26(38)15-35(23,34)41/h11,17-18,20-26,28-32,36-38,40-41H,5-10,12-16H2,1-4H3/t17?,18?,20?,21?,22?,23?,24?,25?,26?,28?,29?,30-,31?,32?,33?,34?,35?/m0/s1. The van der Waals surface area contributed by atoms with E-state index in [0.717, 1.165) is 50.5 Å². The summed E-state index contributed by atoms with van der Waals surface area (Å²) in [5, 5.41) is 54.9. The van der Waals surface area contributed by atoms with Gasteiger partial charge in [0.05, 0.1) is 42.2 Å². The van der Waals surface area contributed by atoms with E-state index in [1.807, 2.05) is 6.92 Å². The second-order valence-electron chi connectivity index (χ2n) is 16.2. The van der Waals surface area contributed by atoms with Gasteiger partial charge >= 0.3 is 5.97 Å². The molecule has 0 aromatic heterocycles. The predicted octanol–water partition coefficient (Wildman–Crippen LogP) is 2.34. The number of carbonyl (C=O) groups is 1. The number of cyclic esters (lactones) is 1. The molecule has 4 saturated carbocycles. The Labute approximate surface area is 271 Å². The summed E-state index contributed by atoms with van der Waals surface area (Å²) in [5.41, 5.74) is -0.614. The molecular weight excluding hydrogens is 596 g/mol. The third-order valence-electron chi connectivity index (χ3n) is 13.9. The van der Waals surface area contributed by atoms with Crippen LogP contribution in [-0.4, -0.2) is 105 Å². The van der Waals surface area contributed by atoms with E-state index in [0.29, 0.717) is 18.3 Å². The Morgan fingerprint density at radius 3 is 2.24 bits per heavy atom. The minimum Gasteiger partial charge on any atom is -0.458 e. The maximum Gasteiger partial charge on any atom is 0.331 e. The largest absolute Gasteiger partial charge is 0.458 e. The number of carbonyl (C=O) groups excluding carboxylic acids is 1. The molecule has 11 nitrogen and oxygen atoms in total. The van der Waals surface area contributed by atoms with Gasteiger partial charge in [0.15, 0.2) is 12.6 Å². The van der Waals surface area contributed by atoms with Crippen molar-refractivity contribution in [1.82, 2.24) is 0 Å². The molecule has 0 amide bonds. The van der Waals surface area contributed by atoms with Crippen LogP contribution in [0.1, 0.15) is 91.9 Å². The highest BCUT2D eigenvalue weighted by molar-refractivity contribution is 5.85. The molecule has 7 rings (SSSR count). The maximum atomic E-state index is 12.5. The predicted molar refractivity (Wildman–Crippen MR) is 163 cm³/mol. The van der Waals surface area contributed by atoms with Gasteiger partial charge in [-0.25, -0.2) is 4.79 Å². The molecule has 46 heavy (non-hydrogen) atoms. The zero-order valence-corrected chi connectivity index (χ0v) is 27.6. The van der Waals surface area contributed by atoms with Crippen LogP contribution >= 0.6 is 0 Å². The van der Waals surface area contributed by atoms with Crippen molar-refractivity contribution >= 4 is 5.97 Å². The van der Waals surface area contributed by atoms with E-state index in [-0.39, 0.29) is 48.8 Å². The number of ether oxygens (including phenoxy) is 5. The zero-order valence-electron chi connectivity index (χ0n) is 27.6. The Morgan fingerprint density at radius 2 is 1.54 bits per heavy atom. The highest BCUT2D eigenvalue weighted by Gasteiger charge is 2.70. The van der Waals surface area contributed by atoms with Crippen LogP contribution in [0.15, 0.2) is 11.6 Å². The summed E-state index contributed by atoms with van der Waals surface area (Å²) < 4.78 is 29.7. The Morgan fingerprint density at radius 1 is 0.826 bits per heavy atom. The Balaban J connectivity index is 0.970. The van der Waals surface area contributed by atoms with E-state index in [2.05, 4.69) is 13.8 Å². The van der Waals surface area contributed by atoms with Gasteiger partial charge < -0.3 is 49.2 Å². The first-order valence-corrected chi connectivity index (χ1v) is 17.7. The lowest BCUT2D eigenvalue weighted by Crippen LogP contribution is -2.62. The van der Waals surface area contributed by atoms with E-state index in [1.165, 1.54) is 6.08 Å². The summed E-state index contributed by atoms with van der Waals surface area (Å²) in [6, 6.07) is 0. The number of aliphatic hydroxyl groups is 5. The fourth-order valence-corrected chi connectivity index (χ4v) is 11.4. The van der Waals surface area contributed by atoms with Crippen molar-refractivity contribution in [3.8, 4) is 0 Å². The van der Waals surface area contributed by atoms with Gasteiger partial charge in [-0.1, -0.05) is 13.8 Å². The Kier molecular flexibility index (Phi) is 8.71. The zero-order chi connectivity index (χ0) is 32.8. The smallest absolute Gasteiger partial charge is 0.331 e. The van der Waals surface area contributed by atoms with Gasteiger partial charge in [0.2, 0.25) is 0 Å². The van der Waals surface area contributed by atoms with Crippen molar-refractivity contribution in [2.24, 2.45) is 34.5 Å². The van der Waals surface area contributed by atoms with Gasteiger partial charge in [-0.2, -0.15) is 0 Å². The van der Waals surface area contributed by atoms with Crippen molar-refractivity contribution in [3.05, 3.63) is 11.6 Å². The normalized spacial score (nSPS) is 55.6. The fraction of sp³-hybridized carbons (Fsp3) is 0.914. The first-order chi connectivity index (χ1) is 21.7. The van der Waals surface area contributed by atoms with Gasteiger partial charge in [-0.3, -0.25) is 0 Å². The first kappa shape index (κ1) is 33.4. The van der Waals surface area contributed by atoms with Gasteiger partial charge in [0.25, 0.3) is 0 Å². The Hall–Kier alpha value is -1.15. The van der Waals surface area contributed by atoms with Crippen LogP contribution in [0.3, 0.4) is 0 Å². The molecule has 3 aliphatic heterocycles. The summed E-state index contributed by atoms with van der Waals surface area (Å²) >= 11 is 0. The quantitative estimate of drug-likeness (QED) is 0.219. The minimum absolute atomic E-state index is 0.0112. The molecule has 16 unspecified atom stereocenters. The molecule has 4 aliphatic carbocycles. The molecule has 2 saturated heterocycles. The first-order valence-electron chi connectivity index (χ1n) is 17.7. The third-order valence-corrected chi connectivity index (χ3v) is 13.9. The topological polar surface area (TPSA) is 164 Å². The lowest BCUT2D eigenvalue weighted by atomic mass is 9.43. The van der Waals surface area contributed by atoms with E-state index in [1.54, 1.807) is 6.92 Å². The highest BCUT2D eigenvalue weighted by Crippen LogP contribution is 2.70. The van der Waals surface area contributed by atoms with Gasteiger partial charge in [-0.15, -0.1) is 0 Å². The average Bonchev–Trinajstić information content (AvgIpc) is 3.49.